The van der Waals surface area contributed by atoms with Crippen molar-refractivity contribution < 1.29 is 14.3 Å². The highest BCUT2D eigenvalue weighted by atomic mass is 16.5. The summed E-state index contributed by atoms with van der Waals surface area (Å²) in [4.78, 5) is 16.8. The van der Waals surface area contributed by atoms with Crippen LogP contribution in [0, 0.1) is 6.92 Å². The molecule has 1 aliphatic heterocycles. The van der Waals surface area contributed by atoms with Crippen LogP contribution in [-0.4, -0.2) is 24.6 Å². The van der Waals surface area contributed by atoms with Gasteiger partial charge in [0.2, 0.25) is 11.8 Å². The first-order valence-corrected chi connectivity index (χ1v) is 7.22. The predicted molar refractivity (Wildman–Crippen MR) is 83.5 cm³/mol. The van der Waals surface area contributed by atoms with Gasteiger partial charge < -0.3 is 14.8 Å². The molecule has 5 heteroatoms. The third kappa shape index (κ3) is 2.74. The van der Waals surface area contributed by atoms with E-state index < -0.39 is 0 Å². The number of rotatable bonds is 3. The van der Waals surface area contributed by atoms with Crippen LogP contribution in [0.1, 0.15) is 23.5 Å². The van der Waals surface area contributed by atoms with Crippen molar-refractivity contribution in [3.63, 3.8) is 0 Å². The van der Waals surface area contributed by atoms with Crippen LogP contribution in [0.2, 0.25) is 0 Å². The minimum absolute atomic E-state index is 0.0681. The molecular formula is C17H18N2O3. The fourth-order valence-corrected chi connectivity index (χ4v) is 2.64. The number of methoxy groups -OCH3 is 1. The maximum atomic E-state index is 12.7. The number of benzene rings is 1. The van der Waals surface area contributed by atoms with E-state index in [1.54, 1.807) is 6.20 Å². The van der Waals surface area contributed by atoms with E-state index in [1.165, 1.54) is 7.11 Å². The Hall–Kier alpha value is -2.56. The molecule has 3 rings (SSSR count). The second kappa shape index (κ2) is 6.05. The Kier molecular flexibility index (Phi) is 3.96. The first-order chi connectivity index (χ1) is 10.7. The summed E-state index contributed by atoms with van der Waals surface area (Å²) in [6.07, 6.45) is 2.36. The number of carbonyl (C=O) groups excluding carboxylic acids is 1. The van der Waals surface area contributed by atoms with Gasteiger partial charge in [-0.15, -0.1) is 0 Å². The van der Waals surface area contributed by atoms with Gasteiger partial charge in [-0.2, -0.15) is 0 Å². The average molecular weight is 298 g/mol. The molecule has 0 saturated heterocycles. The van der Waals surface area contributed by atoms with Gasteiger partial charge in [-0.05, 0) is 31.0 Å². The van der Waals surface area contributed by atoms with Crippen molar-refractivity contribution in [1.82, 2.24) is 4.98 Å². The Labute approximate surface area is 129 Å². The number of fused-ring (bicyclic) bond motifs is 1. The highest BCUT2D eigenvalue weighted by molar-refractivity contribution is 5.97. The number of aryl methyl sites for hydroxylation is 1. The third-order valence-corrected chi connectivity index (χ3v) is 3.71. The number of nitrogens with zero attached hydrogens (tertiary/aromatic N) is 1. The average Bonchev–Trinajstić information content (AvgIpc) is 2.54. The molecule has 2 heterocycles. The molecule has 0 radical (unpaired) electrons. The number of nitrogens with one attached hydrogen (secondary N) is 1. The second-order valence-corrected chi connectivity index (χ2v) is 5.29. The number of hydrogen-bond acceptors (Lipinski definition) is 4. The van der Waals surface area contributed by atoms with Gasteiger partial charge in [0, 0.05) is 11.8 Å². The molecule has 0 aliphatic carbocycles. The molecule has 1 amide bonds. The number of anilines is 1. The molecule has 0 bridgehead atoms. The fourth-order valence-electron chi connectivity index (χ4n) is 2.64. The van der Waals surface area contributed by atoms with E-state index in [1.807, 2.05) is 37.3 Å². The largest absolute Gasteiger partial charge is 0.493 e. The minimum Gasteiger partial charge on any atom is -0.493 e. The summed E-state index contributed by atoms with van der Waals surface area (Å²) in [6.45, 7) is 2.46. The van der Waals surface area contributed by atoms with E-state index in [-0.39, 0.29) is 11.8 Å². The van der Waals surface area contributed by atoms with Crippen LogP contribution < -0.4 is 14.8 Å². The van der Waals surface area contributed by atoms with Gasteiger partial charge in [-0.25, -0.2) is 4.98 Å². The lowest BCUT2D eigenvalue weighted by molar-refractivity contribution is -0.118. The summed E-state index contributed by atoms with van der Waals surface area (Å²) in [6, 6.07) is 9.51. The maximum Gasteiger partial charge on any atom is 0.237 e. The smallest absolute Gasteiger partial charge is 0.237 e. The first kappa shape index (κ1) is 14.4. The zero-order chi connectivity index (χ0) is 15.5. The lowest BCUT2D eigenvalue weighted by Gasteiger charge is -2.25. The number of ether oxygens (including phenoxy) is 2. The Morgan fingerprint density at radius 2 is 2.23 bits per heavy atom. The van der Waals surface area contributed by atoms with E-state index in [4.69, 9.17) is 9.47 Å². The number of pyridine rings is 1. The quantitative estimate of drug-likeness (QED) is 0.946. The molecule has 22 heavy (non-hydrogen) atoms. The predicted octanol–water partition coefficient (Wildman–Crippen LogP) is 2.90. The molecule has 1 aliphatic rings. The third-order valence-electron chi connectivity index (χ3n) is 3.71. The Bertz CT molecular complexity index is 700. The molecule has 1 aromatic heterocycles. The van der Waals surface area contributed by atoms with Gasteiger partial charge in [-0.1, -0.05) is 18.2 Å². The lowest BCUT2D eigenvalue weighted by atomic mass is 9.92. The van der Waals surface area contributed by atoms with Gasteiger partial charge in [0.15, 0.2) is 0 Å². The Morgan fingerprint density at radius 3 is 3.05 bits per heavy atom. The van der Waals surface area contributed by atoms with Crippen molar-refractivity contribution >= 4 is 11.6 Å². The molecule has 1 N–H and O–H groups in total. The van der Waals surface area contributed by atoms with Crippen LogP contribution in [0.25, 0.3) is 0 Å². The van der Waals surface area contributed by atoms with Gasteiger partial charge >= 0.3 is 0 Å². The van der Waals surface area contributed by atoms with Crippen molar-refractivity contribution in [2.24, 2.45) is 0 Å². The van der Waals surface area contributed by atoms with Gasteiger partial charge in [0.25, 0.3) is 0 Å². The Balaban J connectivity index is 1.86. The summed E-state index contributed by atoms with van der Waals surface area (Å²) in [5.41, 5.74) is 2.48. The number of hydrogen-bond donors (Lipinski definition) is 1. The fraction of sp³-hybridized carbons (Fsp3) is 0.294. The van der Waals surface area contributed by atoms with Crippen molar-refractivity contribution in [2.45, 2.75) is 19.3 Å². The SMILES string of the molecule is COc1ncc(C)cc1NC(=O)[C@H]1CCOc2ccccc21. The van der Waals surface area contributed by atoms with Gasteiger partial charge in [-0.3, -0.25) is 4.79 Å². The zero-order valence-electron chi connectivity index (χ0n) is 12.6. The van der Waals surface area contributed by atoms with Crippen LogP contribution in [0.3, 0.4) is 0 Å². The molecule has 0 unspecified atom stereocenters. The molecule has 0 saturated carbocycles. The number of carbonyl (C=O) groups is 1. The van der Waals surface area contributed by atoms with Crippen LogP contribution in [0.15, 0.2) is 36.5 Å². The van der Waals surface area contributed by atoms with Crippen molar-refractivity contribution in [1.29, 1.82) is 0 Å². The lowest BCUT2D eigenvalue weighted by Crippen LogP contribution is -2.26. The standard InChI is InChI=1S/C17H18N2O3/c1-11-9-14(17(21-2)18-10-11)19-16(20)13-7-8-22-15-6-4-3-5-12(13)15/h3-6,9-10,13H,7-8H2,1-2H3,(H,19,20)/t13-/m0/s1. The van der Waals surface area contributed by atoms with Gasteiger partial charge in [0.1, 0.15) is 11.4 Å². The number of aromatic nitrogens is 1. The molecule has 0 fully saturated rings. The molecule has 2 aromatic rings. The van der Waals surface area contributed by atoms with Crippen LogP contribution in [0.5, 0.6) is 11.6 Å². The monoisotopic (exact) mass is 298 g/mol. The number of para-hydroxylation sites is 1. The van der Waals surface area contributed by atoms with Crippen molar-refractivity contribution in [2.75, 3.05) is 19.0 Å². The maximum absolute atomic E-state index is 12.7. The summed E-state index contributed by atoms with van der Waals surface area (Å²) < 4.78 is 10.8. The van der Waals surface area contributed by atoms with Gasteiger partial charge in [0.05, 0.1) is 19.6 Å². The van der Waals surface area contributed by atoms with E-state index in [9.17, 15) is 4.79 Å². The molecule has 0 spiro atoms. The van der Waals surface area contributed by atoms with Crippen molar-refractivity contribution in [3.8, 4) is 11.6 Å². The molecule has 1 atom stereocenters. The minimum atomic E-state index is -0.227. The second-order valence-electron chi connectivity index (χ2n) is 5.29. The molecule has 5 nitrogen and oxygen atoms in total. The summed E-state index contributed by atoms with van der Waals surface area (Å²) in [7, 11) is 1.54. The normalized spacial score (nSPS) is 16.4. The van der Waals surface area contributed by atoms with Crippen LogP contribution in [0.4, 0.5) is 5.69 Å². The molecule has 114 valence electrons. The Morgan fingerprint density at radius 1 is 1.41 bits per heavy atom. The van der Waals surface area contributed by atoms with Crippen LogP contribution >= 0.6 is 0 Å². The first-order valence-electron chi connectivity index (χ1n) is 7.22. The molecular weight excluding hydrogens is 280 g/mol. The highest BCUT2D eigenvalue weighted by Gasteiger charge is 2.28. The molecule has 1 aromatic carbocycles. The van der Waals surface area contributed by atoms with Crippen molar-refractivity contribution in [3.05, 3.63) is 47.7 Å². The highest BCUT2D eigenvalue weighted by Crippen LogP contribution is 2.34. The van der Waals surface area contributed by atoms with E-state index in [0.29, 0.717) is 24.6 Å². The summed E-state index contributed by atoms with van der Waals surface area (Å²) in [5.74, 6) is 0.902. The summed E-state index contributed by atoms with van der Waals surface area (Å²) >= 11 is 0. The van der Waals surface area contributed by atoms with Crippen LogP contribution in [-0.2, 0) is 4.79 Å². The number of amides is 1. The summed E-state index contributed by atoms with van der Waals surface area (Å²) in [5, 5.41) is 2.93. The van der Waals surface area contributed by atoms with E-state index >= 15 is 0 Å². The zero-order valence-corrected chi connectivity index (χ0v) is 12.6. The van der Waals surface area contributed by atoms with E-state index in [0.717, 1.165) is 16.9 Å². The topological polar surface area (TPSA) is 60.5 Å². The van der Waals surface area contributed by atoms with E-state index in [2.05, 4.69) is 10.3 Å².